The van der Waals surface area contributed by atoms with Crippen molar-refractivity contribution in [1.82, 2.24) is 4.98 Å². The highest BCUT2D eigenvalue weighted by Gasteiger charge is 2.17. The van der Waals surface area contributed by atoms with Crippen molar-refractivity contribution in [3.8, 4) is 11.6 Å². The van der Waals surface area contributed by atoms with E-state index >= 15 is 0 Å². The molecule has 104 valence electrons. The van der Waals surface area contributed by atoms with E-state index in [0.29, 0.717) is 22.6 Å². The monoisotopic (exact) mass is 336 g/mol. The summed E-state index contributed by atoms with van der Waals surface area (Å²) in [5, 5.41) is 0. The highest BCUT2D eigenvalue weighted by Crippen LogP contribution is 2.30. The summed E-state index contributed by atoms with van der Waals surface area (Å²) in [6.07, 6.45) is 3.12. The van der Waals surface area contributed by atoms with E-state index in [1.165, 1.54) is 11.6 Å². The molecule has 1 aromatic heterocycles. The Labute approximate surface area is 125 Å². The van der Waals surface area contributed by atoms with Crippen LogP contribution in [-0.4, -0.2) is 4.98 Å². The van der Waals surface area contributed by atoms with Gasteiger partial charge in [0.1, 0.15) is 11.6 Å². The second-order valence-electron chi connectivity index (χ2n) is 4.79. The van der Waals surface area contributed by atoms with Gasteiger partial charge in [0.25, 0.3) is 0 Å². The van der Waals surface area contributed by atoms with Gasteiger partial charge in [-0.15, -0.1) is 0 Å². The number of aryl methyl sites for hydroxylation is 2. The maximum atomic E-state index is 13.5. The minimum absolute atomic E-state index is 0.356. The molecule has 3 rings (SSSR count). The third-order valence-corrected chi connectivity index (χ3v) is 4.06. The van der Waals surface area contributed by atoms with Crippen LogP contribution in [0.5, 0.6) is 11.6 Å². The van der Waals surface area contributed by atoms with Crippen LogP contribution in [0.3, 0.4) is 0 Å². The zero-order chi connectivity index (χ0) is 14.1. The van der Waals surface area contributed by atoms with Crippen molar-refractivity contribution in [2.75, 3.05) is 0 Å². The van der Waals surface area contributed by atoms with Crippen molar-refractivity contribution in [2.24, 2.45) is 5.73 Å². The van der Waals surface area contributed by atoms with Crippen LogP contribution < -0.4 is 10.5 Å². The predicted molar refractivity (Wildman–Crippen MR) is 78.3 cm³/mol. The zero-order valence-corrected chi connectivity index (χ0v) is 12.4. The molecule has 1 aliphatic carbocycles. The average Bonchev–Trinajstić information content (AvgIpc) is 2.89. The Morgan fingerprint density at radius 1 is 1.30 bits per heavy atom. The van der Waals surface area contributed by atoms with Crippen molar-refractivity contribution in [1.29, 1.82) is 0 Å². The summed E-state index contributed by atoms with van der Waals surface area (Å²) in [4.78, 5) is 4.54. The van der Waals surface area contributed by atoms with Crippen LogP contribution in [0.25, 0.3) is 0 Å². The van der Waals surface area contributed by atoms with E-state index in [4.69, 9.17) is 10.5 Å². The number of hydrogen-bond donors (Lipinski definition) is 1. The molecule has 0 aliphatic heterocycles. The Kier molecular flexibility index (Phi) is 3.72. The first kappa shape index (κ1) is 13.5. The number of pyridine rings is 1. The van der Waals surface area contributed by atoms with Crippen molar-refractivity contribution >= 4 is 15.9 Å². The summed E-state index contributed by atoms with van der Waals surface area (Å²) < 4.78 is 19.6. The smallest absolute Gasteiger partial charge is 0.223 e. The standard InChI is InChI=1S/C15H14BrFN2O/c16-12-5-4-11(7-13(12)17)20-15-10(8-18)6-9-2-1-3-14(9)19-15/h4-7H,1-3,8,18H2. The van der Waals surface area contributed by atoms with Crippen LogP contribution in [0.2, 0.25) is 0 Å². The molecule has 20 heavy (non-hydrogen) atoms. The van der Waals surface area contributed by atoms with E-state index in [9.17, 15) is 4.39 Å². The average molecular weight is 337 g/mol. The maximum absolute atomic E-state index is 13.5. The number of nitrogens with zero attached hydrogens (tertiary/aromatic N) is 1. The van der Waals surface area contributed by atoms with Gasteiger partial charge in [0.15, 0.2) is 0 Å². The lowest BCUT2D eigenvalue weighted by Crippen LogP contribution is -2.04. The van der Waals surface area contributed by atoms with Gasteiger partial charge in [0, 0.05) is 23.9 Å². The quantitative estimate of drug-likeness (QED) is 0.929. The van der Waals surface area contributed by atoms with Crippen molar-refractivity contribution in [3.05, 3.63) is 51.4 Å². The minimum atomic E-state index is -0.363. The molecule has 2 aromatic rings. The zero-order valence-electron chi connectivity index (χ0n) is 10.8. The van der Waals surface area contributed by atoms with Gasteiger partial charge >= 0.3 is 0 Å². The molecule has 0 saturated carbocycles. The molecule has 5 heteroatoms. The second kappa shape index (κ2) is 5.50. The molecule has 0 fully saturated rings. The fraction of sp³-hybridized carbons (Fsp3) is 0.267. The molecular formula is C15H14BrFN2O. The number of rotatable bonds is 3. The highest BCUT2D eigenvalue weighted by atomic mass is 79.9. The lowest BCUT2D eigenvalue weighted by Gasteiger charge is -2.11. The molecule has 1 heterocycles. The Morgan fingerprint density at radius 2 is 2.15 bits per heavy atom. The normalized spacial score (nSPS) is 13.3. The largest absolute Gasteiger partial charge is 0.439 e. The van der Waals surface area contributed by atoms with Crippen LogP contribution in [-0.2, 0) is 19.4 Å². The van der Waals surface area contributed by atoms with E-state index in [2.05, 4.69) is 27.0 Å². The molecule has 1 aliphatic rings. The Bertz CT molecular complexity index is 661. The summed E-state index contributed by atoms with van der Waals surface area (Å²) >= 11 is 3.12. The number of nitrogens with two attached hydrogens (primary N) is 1. The maximum Gasteiger partial charge on any atom is 0.223 e. The van der Waals surface area contributed by atoms with Gasteiger partial charge in [-0.3, -0.25) is 0 Å². The van der Waals surface area contributed by atoms with Crippen molar-refractivity contribution in [3.63, 3.8) is 0 Å². The molecule has 0 amide bonds. The summed E-state index contributed by atoms with van der Waals surface area (Å²) in [7, 11) is 0. The van der Waals surface area contributed by atoms with Crippen LogP contribution in [0.4, 0.5) is 4.39 Å². The molecular weight excluding hydrogens is 323 g/mol. The lowest BCUT2D eigenvalue weighted by atomic mass is 10.1. The van der Waals surface area contributed by atoms with Gasteiger partial charge in [-0.1, -0.05) is 0 Å². The van der Waals surface area contributed by atoms with Crippen molar-refractivity contribution in [2.45, 2.75) is 25.8 Å². The summed E-state index contributed by atoms with van der Waals surface area (Å²) in [6.45, 7) is 0.356. The van der Waals surface area contributed by atoms with Crippen LogP contribution >= 0.6 is 15.9 Å². The molecule has 1 aromatic carbocycles. The second-order valence-corrected chi connectivity index (χ2v) is 5.65. The van der Waals surface area contributed by atoms with Gasteiger partial charge in [0.2, 0.25) is 5.88 Å². The van der Waals surface area contributed by atoms with E-state index < -0.39 is 0 Å². The van der Waals surface area contributed by atoms with Gasteiger partial charge in [-0.05, 0) is 59.0 Å². The Balaban J connectivity index is 1.95. The first-order valence-corrected chi connectivity index (χ1v) is 7.31. The molecule has 0 bridgehead atoms. The van der Waals surface area contributed by atoms with E-state index in [1.54, 1.807) is 12.1 Å². The number of halogens is 2. The number of aromatic nitrogens is 1. The first-order chi connectivity index (χ1) is 9.67. The molecule has 3 nitrogen and oxygen atoms in total. The molecule has 0 unspecified atom stereocenters. The van der Waals surface area contributed by atoms with E-state index in [1.807, 2.05) is 0 Å². The molecule has 0 radical (unpaired) electrons. The highest BCUT2D eigenvalue weighted by molar-refractivity contribution is 9.10. The topological polar surface area (TPSA) is 48.1 Å². The summed E-state index contributed by atoms with van der Waals surface area (Å²) in [6, 6.07) is 6.70. The minimum Gasteiger partial charge on any atom is -0.439 e. The third kappa shape index (κ3) is 2.55. The van der Waals surface area contributed by atoms with Gasteiger partial charge < -0.3 is 10.5 Å². The third-order valence-electron chi connectivity index (χ3n) is 3.42. The van der Waals surface area contributed by atoms with Crippen LogP contribution in [0.15, 0.2) is 28.7 Å². The Morgan fingerprint density at radius 3 is 2.90 bits per heavy atom. The van der Waals surface area contributed by atoms with Crippen LogP contribution in [0, 0.1) is 5.82 Å². The summed E-state index contributed by atoms with van der Waals surface area (Å²) in [5.74, 6) is 0.540. The van der Waals surface area contributed by atoms with Gasteiger partial charge in [-0.2, -0.15) is 0 Å². The van der Waals surface area contributed by atoms with Crippen molar-refractivity contribution < 1.29 is 9.13 Å². The van der Waals surface area contributed by atoms with E-state index in [-0.39, 0.29) is 5.82 Å². The SMILES string of the molecule is NCc1cc2c(nc1Oc1ccc(Br)c(F)c1)CCC2. The van der Waals surface area contributed by atoms with Gasteiger partial charge in [0.05, 0.1) is 4.47 Å². The Hall–Kier alpha value is -1.46. The van der Waals surface area contributed by atoms with Crippen LogP contribution in [0.1, 0.15) is 23.2 Å². The molecule has 0 atom stereocenters. The fourth-order valence-corrected chi connectivity index (χ4v) is 2.63. The number of hydrogen-bond acceptors (Lipinski definition) is 3. The molecule has 0 saturated heterocycles. The lowest BCUT2D eigenvalue weighted by molar-refractivity contribution is 0.449. The summed E-state index contributed by atoms with van der Waals surface area (Å²) in [5.41, 5.74) is 8.92. The molecule has 0 spiro atoms. The molecule has 2 N–H and O–H groups in total. The number of benzene rings is 1. The van der Waals surface area contributed by atoms with Gasteiger partial charge in [-0.25, -0.2) is 9.37 Å². The first-order valence-electron chi connectivity index (χ1n) is 6.52. The number of fused-ring (bicyclic) bond motifs is 1. The predicted octanol–water partition coefficient (Wildman–Crippen LogP) is 3.72. The number of ether oxygens (including phenoxy) is 1. The van der Waals surface area contributed by atoms with E-state index in [0.717, 1.165) is 30.5 Å². The fourth-order valence-electron chi connectivity index (χ4n) is 2.39.